The highest BCUT2D eigenvalue weighted by molar-refractivity contribution is 7.22. The molecule has 0 radical (unpaired) electrons. The number of benzene rings is 1. The molecule has 0 aliphatic carbocycles. The fraction of sp³-hybridized carbons (Fsp3) is 0.375. The molecule has 24 heavy (non-hydrogen) atoms. The maximum atomic E-state index is 12.2. The quantitative estimate of drug-likeness (QED) is 0.566. The van der Waals surface area contributed by atoms with Crippen molar-refractivity contribution in [3.63, 3.8) is 0 Å². The van der Waals surface area contributed by atoms with Crippen molar-refractivity contribution < 1.29 is 19.1 Å². The van der Waals surface area contributed by atoms with E-state index in [1.807, 2.05) is 6.92 Å². The summed E-state index contributed by atoms with van der Waals surface area (Å²) in [5, 5.41) is 3.97. The third kappa shape index (κ3) is 4.12. The molecule has 0 aliphatic rings. The molecule has 1 aromatic carbocycles. The summed E-state index contributed by atoms with van der Waals surface area (Å²) in [4.78, 5) is 24.0. The molecule has 130 valence electrons. The Morgan fingerprint density at radius 2 is 2.00 bits per heavy atom. The normalized spacial score (nSPS) is 10.7. The number of methoxy groups -OCH3 is 1. The molecule has 1 N–H and O–H groups in total. The number of amides is 1. The number of halogens is 2. The Kier molecular flexibility index (Phi) is 6.71. The topological polar surface area (TPSA) is 64.6 Å². The van der Waals surface area contributed by atoms with Crippen LogP contribution in [0.1, 0.15) is 29.4 Å². The largest absolute Gasteiger partial charge is 0.495 e. The zero-order valence-corrected chi connectivity index (χ0v) is 15.6. The van der Waals surface area contributed by atoms with Gasteiger partial charge in [-0.25, -0.2) is 4.79 Å². The van der Waals surface area contributed by atoms with Crippen molar-refractivity contribution in [3.05, 3.63) is 27.1 Å². The number of thiophene rings is 1. The van der Waals surface area contributed by atoms with E-state index in [9.17, 15) is 9.59 Å². The predicted molar refractivity (Wildman–Crippen MR) is 96.6 cm³/mol. The van der Waals surface area contributed by atoms with Crippen LogP contribution >= 0.6 is 34.5 Å². The molecule has 0 bridgehead atoms. The molecule has 1 aromatic heterocycles. The standard InChI is InChI=1S/C16H17Cl2NO4S/c1-3-4-7-19-11(20)8-23-16(21)15-12(17)9-5-6-10(22-2)13(18)14(9)24-15/h5-6H,3-4,7-8H2,1-2H3,(H,19,20). The average molecular weight is 390 g/mol. The van der Waals surface area contributed by atoms with Crippen molar-refractivity contribution in [2.75, 3.05) is 20.3 Å². The first-order valence-corrected chi connectivity index (χ1v) is 8.95. The minimum Gasteiger partial charge on any atom is -0.495 e. The molecule has 1 heterocycles. The van der Waals surface area contributed by atoms with Gasteiger partial charge in [-0.15, -0.1) is 11.3 Å². The maximum Gasteiger partial charge on any atom is 0.350 e. The van der Waals surface area contributed by atoms with Crippen LogP contribution in [0.2, 0.25) is 10.0 Å². The fourth-order valence-electron chi connectivity index (χ4n) is 2.02. The second-order valence-electron chi connectivity index (χ2n) is 4.98. The van der Waals surface area contributed by atoms with Crippen molar-refractivity contribution >= 4 is 56.5 Å². The summed E-state index contributed by atoms with van der Waals surface area (Å²) in [5.74, 6) is -0.493. The van der Waals surface area contributed by atoms with E-state index in [0.717, 1.165) is 24.2 Å². The average Bonchev–Trinajstić information content (AvgIpc) is 2.91. The smallest absolute Gasteiger partial charge is 0.350 e. The van der Waals surface area contributed by atoms with Crippen LogP contribution in [0.25, 0.3) is 10.1 Å². The van der Waals surface area contributed by atoms with Crippen LogP contribution in [-0.4, -0.2) is 32.1 Å². The molecule has 0 aliphatic heterocycles. The lowest BCUT2D eigenvalue weighted by Gasteiger charge is -2.05. The third-order valence-corrected chi connectivity index (χ3v) is 5.49. The Labute approximate surface area is 153 Å². The Balaban J connectivity index is 2.11. The second kappa shape index (κ2) is 8.55. The van der Waals surface area contributed by atoms with E-state index in [2.05, 4.69) is 5.32 Å². The van der Waals surface area contributed by atoms with E-state index < -0.39 is 5.97 Å². The lowest BCUT2D eigenvalue weighted by molar-refractivity contribution is -0.124. The summed E-state index contributed by atoms with van der Waals surface area (Å²) in [5.41, 5.74) is 0. The van der Waals surface area contributed by atoms with Gasteiger partial charge in [0.15, 0.2) is 6.61 Å². The lowest BCUT2D eigenvalue weighted by atomic mass is 10.2. The number of ether oxygens (including phenoxy) is 2. The number of hydrogen-bond acceptors (Lipinski definition) is 5. The van der Waals surface area contributed by atoms with E-state index in [4.69, 9.17) is 32.7 Å². The minimum atomic E-state index is -0.651. The molecule has 2 aromatic rings. The number of rotatable bonds is 7. The van der Waals surface area contributed by atoms with Crippen LogP contribution < -0.4 is 10.1 Å². The van der Waals surface area contributed by atoms with Gasteiger partial charge in [-0.1, -0.05) is 36.5 Å². The van der Waals surface area contributed by atoms with E-state index in [0.29, 0.717) is 27.4 Å². The molecule has 0 fully saturated rings. The van der Waals surface area contributed by atoms with Gasteiger partial charge in [0.2, 0.25) is 0 Å². The molecule has 0 atom stereocenters. The van der Waals surface area contributed by atoms with Gasteiger partial charge in [0, 0.05) is 11.9 Å². The van der Waals surface area contributed by atoms with Crippen LogP contribution in [0.5, 0.6) is 5.75 Å². The van der Waals surface area contributed by atoms with E-state index in [1.54, 1.807) is 12.1 Å². The highest BCUT2D eigenvalue weighted by atomic mass is 35.5. The summed E-state index contributed by atoms with van der Waals surface area (Å²) in [7, 11) is 1.51. The molecular weight excluding hydrogens is 373 g/mol. The van der Waals surface area contributed by atoms with Gasteiger partial charge in [0.05, 0.1) is 16.8 Å². The molecule has 1 amide bonds. The van der Waals surface area contributed by atoms with Crippen LogP contribution in [0.3, 0.4) is 0 Å². The van der Waals surface area contributed by atoms with Gasteiger partial charge in [0.25, 0.3) is 5.91 Å². The molecule has 8 heteroatoms. The molecule has 0 unspecified atom stereocenters. The van der Waals surface area contributed by atoms with Gasteiger partial charge in [-0.2, -0.15) is 0 Å². The Hall–Kier alpha value is -1.50. The Morgan fingerprint density at radius 3 is 2.67 bits per heavy atom. The molecule has 0 saturated heterocycles. The van der Waals surface area contributed by atoms with Crippen LogP contribution in [0.15, 0.2) is 12.1 Å². The second-order valence-corrected chi connectivity index (χ2v) is 6.76. The molecule has 5 nitrogen and oxygen atoms in total. The summed E-state index contributed by atoms with van der Waals surface area (Å²) in [6, 6.07) is 3.41. The minimum absolute atomic E-state index is 0.211. The fourth-order valence-corrected chi connectivity index (χ4v) is 3.80. The highest BCUT2D eigenvalue weighted by Gasteiger charge is 2.22. The van der Waals surface area contributed by atoms with Gasteiger partial charge < -0.3 is 14.8 Å². The number of unbranched alkanes of at least 4 members (excludes halogenated alkanes) is 1. The van der Waals surface area contributed by atoms with E-state index >= 15 is 0 Å². The molecule has 0 saturated carbocycles. The summed E-state index contributed by atoms with van der Waals surface area (Å²) in [6.07, 6.45) is 1.85. The van der Waals surface area contributed by atoms with Crippen LogP contribution in [0.4, 0.5) is 0 Å². The van der Waals surface area contributed by atoms with Gasteiger partial charge >= 0.3 is 5.97 Å². The highest BCUT2D eigenvalue weighted by Crippen LogP contribution is 2.43. The van der Waals surface area contributed by atoms with Gasteiger partial charge in [0.1, 0.15) is 15.6 Å². The molecular formula is C16H17Cl2NO4S. The van der Waals surface area contributed by atoms with Crippen molar-refractivity contribution in [1.29, 1.82) is 0 Å². The van der Waals surface area contributed by atoms with E-state index in [-0.39, 0.29) is 22.4 Å². The van der Waals surface area contributed by atoms with Crippen molar-refractivity contribution in [2.24, 2.45) is 0 Å². The molecule has 2 rings (SSSR count). The van der Waals surface area contributed by atoms with E-state index in [1.165, 1.54) is 7.11 Å². The Bertz CT molecular complexity index is 760. The molecule has 0 spiro atoms. The first-order valence-electron chi connectivity index (χ1n) is 7.37. The summed E-state index contributed by atoms with van der Waals surface area (Å²) in [6.45, 7) is 2.24. The lowest BCUT2D eigenvalue weighted by Crippen LogP contribution is -2.29. The SMILES string of the molecule is CCCCNC(=O)COC(=O)c1sc2c(Cl)c(OC)ccc2c1Cl. The van der Waals surface area contributed by atoms with Crippen LogP contribution in [-0.2, 0) is 9.53 Å². The summed E-state index contributed by atoms with van der Waals surface area (Å²) < 4.78 is 10.8. The third-order valence-electron chi connectivity index (χ3n) is 3.29. The van der Waals surface area contributed by atoms with Gasteiger partial charge in [-0.3, -0.25) is 4.79 Å². The maximum absolute atomic E-state index is 12.2. The number of hydrogen-bond donors (Lipinski definition) is 1. The van der Waals surface area contributed by atoms with Crippen molar-refractivity contribution in [2.45, 2.75) is 19.8 Å². The monoisotopic (exact) mass is 389 g/mol. The number of fused-ring (bicyclic) bond motifs is 1. The first-order chi connectivity index (χ1) is 11.5. The zero-order valence-electron chi connectivity index (χ0n) is 13.3. The van der Waals surface area contributed by atoms with Crippen LogP contribution in [0, 0.1) is 0 Å². The number of esters is 1. The number of carbonyl (C=O) groups excluding carboxylic acids is 2. The Morgan fingerprint density at radius 1 is 1.25 bits per heavy atom. The number of nitrogens with one attached hydrogen (secondary N) is 1. The van der Waals surface area contributed by atoms with Gasteiger partial charge in [-0.05, 0) is 18.6 Å². The van der Waals surface area contributed by atoms with Crippen molar-refractivity contribution in [3.8, 4) is 5.75 Å². The number of carbonyl (C=O) groups is 2. The predicted octanol–water partition coefficient (Wildman–Crippen LogP) is 4.29. The van der Waals surface area contributed by atoms with Crippen molar-refractivity contribution in [1.82, 2.24) is 5.32 Å². The summed E-state index contributed by atoms with van der Waals surface area (Å²) >= 11 is 13.6. The first kappa shape index (κ1) is 18.8. The zero-order chi connectivity index (χ0) is 17.7.